The third-order valence-corrected chi connectivity index (χ3v) is 5.15. The molecule has 9 heteroatoms. The van der Waals surface area contributed by atoms with E-state index in [1.807, 2.05) is 30.1 Å². The van der Waals surface area contributed by atoms with Gasteiger partial charge < -0.3 is 10.6 Å². The number of nitrogens with zero attached hydrogens (tertiary/aromatic N) is 6. The lowest BCUT2D eigenvalue weighted by atomic mass is 10.2. The number of fused-ring (bicyclic) bond motifs is 1. The first-order chi connectivity index (χ1) is 13.0. The molecular weight excluding hydrogens is 366 g/mol. The quantitative estimate of drug-likeness (QED) is 0.734. The average Bonchev–Trinajstić information content (AvgIpc) is 3.25. The summed E-state index contributed by atoms with van der Waals surface area (Å²) in [6.07, 6.45) is 4.33. The maximum atomic E-state index is 13.0. The average molecular weight is 386 g/mol. The Morgan fingerprint density at radius 3 is 3.04 bits per heavy atom. The molecule has 4 rings (SSSR count). The molecule has 0 saturated carbocycles. The fraction of sp³-hybridized carbons (Fsp3) is 0.333. The van der Waals surface area contributed by atoms with Crippen LogP contribution in [0.25, 0.3) is 5.65 Å². The van der Waals surface area contributed by atoms with Crippen LogP contribution in [-0.4, -0.2) is 61.2 Å². The van der Waals surface area contributed by atoms with E-state index in [2.05, 4.69) is 19.9 Å². The van der Waals surface area contributed by atoms with Gasteiger partial charge in [0.1, 0.15) is 17.3 Å². The van der Waals surface area contributed by atoms with Gasteiger partial charge in [0.25, 0.3) is 5.91 Å². The van der Waals surface area contributed by atoms with Crippen LogP contribution in [0.5, 0.6) is 0 Å². The Morgan fingerprint density at radius 2 is 2.22 bits per heavy atom. The van der Waals surface area contributed by atoms with Crippen molar-refractivity contribution in [3.63, 3.8) is 0 Å². The summed E-state index contributed by atoms with van der Waals surface area (Å²) in [6, 6.07) is 7.44. The van der Waals surface area contributed by atoms with E-state index in [-0.39, 0.29) is 17.1 Å². The molecule has 1 amide bonds. The molecule has 0 radical (unpaired) electrons. The molecule has 1 saturated heterocycles. The number of likely N-dealkylation sites (tertiary alicyclic amines) is 1. The van der Waals surface area contributed by atoms with Crippen molar-refractivity contribution in [2.75, 3.05) is 25.9 Å². The molecule has 27 heavy (non-hydrogen) atoms. The predicted molar refractivity (Wildman–Crippen MR) is 102 cm³/mol. The molecule has 0 aromatic carbocycles. The highest BCUT2D eigenvalue weighted by molar-refractivity contribution is 6.32. The first-order valence-corrected chi connectivity index (χ1v) is 9.10. The number of anilines is 1. The molecule has 1 aliphatic heterocycles. The molecule has 1 atom stereocenters. The number of pyridine rings is 1. The van der Waals surface area contributed by atoms with Crippen molar-refractivity contribution in [1.29, 1.82) is 0 Å². The Hall–Kier alpha value is -2.71. The summed E-state index contributed by atoms with van der Waals surface area (Å²) in [5.41, 5.74) is 6.80. The molecule has 4 heterocycles. The summed E-state index contributed by atoms with van der Waals surface area (Å²) in [5.74, 6) is 1.03. The van der Waals surface area contributed by atoms with E-state index < -0.39 is 0 Å². The molecule has 3 aromatic heterocycles. The van der Waals surface area contributed by atoms with Gasteiger partial charge >= 0.3 is 0 Å². The van der Waals surface area contributed by atoms with Crippen molar-refractivity contribution in [3.8, 4) is 0 Å². The highest BCUT2D eigenvalue weighted by atomic mass is 35.5. The van der Waals surface area contributed by atoms with Gasteiger partial charge in [-0.3, -0.25) is 14.1 Å². The summed E-state index contributed by atoms with van der Waals surface area (Å²) in [4.78, 5) is 29.8. The summed E-state index contributed by atoms with van der Waals surface area (Å²) < 4.78 is 1.74. The lowest BCUT2D eigenvalue weighted by Crippen LogP contribution is -2.37. The fourth-order valence-electron chi connectivity index (χ4n) is 3.44. The normalized spacial score (nSPS) is 17.1. The first kappa shape index (κ1) is 17.7. The number of amides is 1. The number of nitrogen functional groups attached to an aromatic ring is 1. The highest BCUT2D eigenvalue weighted by Crippen LogP contribution is 2.23. The van der Waals surface area contributed by atoms with E-state index in [1.54, 1.807) is 22.9 Å². The molecule has 0 aliphatic carbocycles. The van der Waals surface area contributed by atoms with E-state index in [1.165, 1.54) is 0 Å². The predicted octanol–water partition coefficient (Wildman–Crippen LogP) is 1.71. The number of carbonyl (C=O) groups is 1. The zero-order valence-corrected chi connectivity index (χ0v) is 15.7. The lowest BCUT2D eigenvalue weighted by Gasteiger charge is -2.24. The Morgan fingerprint density at radius 1 is 1.37 bits per heavy atom. The van der Waals surface area contributed by atoms with Crippen molar-refractivity contribution in [2.45, 2.75) is 19.0 Å². The smallest absolute Gasteiger partial charge is 0.274 e. The maximum Gasteiger partial charge on any atom is 0.274 e. The standard InChI is InChI=1S/C18H20ClN7O/c1-24(11-14-21-7-5-13(20)22-14)12-6-9-25(10-12)18(27)16-17(19)23-15-4-2-3-8-26(15)16/h2-5,7-8,12H,6,9-11H2,1H3,(H2,20,21,22)/t12-/m0/s1. The van der Waals surface area contributed by atoms with Gasteiger partial charge in [-0.05, 0) is 31.7 Å². The second-order valence-corrected chi connectivity index (χ2v) is 7.04. The van der Waals surface area contributed by atoms with E-state index in [9.17, 15) is 4.79 Å². The number of likely N-dealkylation sites (N-methyl/N-ethyl adjacent to an activating group) is 1. The minimum atomic E-state index is -0.102. The van der Waals surface area contributed by atoms with E-state index in [4.69, 9.17) is 17.3 Å². The monoisotopic (exact) mass is 385 g/mol. The zero-order valence-electron chi connectivity index (χ0n) is 14.9. The number of aromatic nitrogens is 4. The minimum Gasteiger partial charge on any atom is -0.384 e. The highest BCUT2D eigenvalue weighted by Gasteiger charge is 2.32. The third kappa shape index (κ3) is 3.45. The molecular formula is C18H20ClN7O. The molecule has 2 N–H and O–H groups in total. The van der Waals surface area contributed by atoms with Crippen molar-refractivity contribution >= 4 is 29.0 Å². The van der Waals surface area contributed by atoms with Gasteiger partial charge in [-0.2, -0.15) is 0 Å². The number of imidazole rings is 1. The first-order valence-electron chi connectivity index (χ1n) is 8.72. The summed E-state index contributed by atoms with van der Waals surface area (Å²) in [7, 11) is 2.01. The Kier molecular flexibility index (Phi) is 4.67. The molecule has 8 nitrogen and oxygen atoms in total. The Labute approximate surface area is 161 Å². The number of nitrogens with two attached hydrogens (primary N) is 1. The number of hydrogen-bond acceptors (Lipinski definition) is 6. The Bertz CT molecular complexity index is 989. The second kappa shape index (κ2) is 7.13. The topological polar surface area (TPSA) is 92.7 Å². The summed E-state index contributed by atoms with van der Waals surface area (Å²) in [6.45, 7) is 1.87. The van der Waals surface area contributed by atoms with Crippen LogP contribution in [0.2, 0.25) is 5.15 Å². The molecule has 140 valence electrons. The molecule has 1 aliphatic rings. The number of carbonyl (C=O) groups excluding carboxylic acids is 1. The lowest BCUT2D eigenvalue weighted by molar-refractivity contribution is 0.0772. The van der Waals surface area contributed by atoms with Crippen LogP contribution >= 0.6 is 11.6 Å². The summed E-state index contributed by atoms with van der Waals surface area (Å²) in [5, 5.41) is 0.233. The molecule has 1 fully saturated rings. The van der Waals surface area contributed by atoms with E-state index in [0.717, 1.165) is 6.42 Å². The maximum absolute atomic E-state index is 13.0. The number of hydrogen-bond donors (Lipinski definition) is 1. The van der Waals surface area contributed by atoms with Gasteiger partial charge in [-0.1, -0.05) is 17.7 Å². The van der Waals surface area contributed by atoms with Crippen LogP contribution < -0.4 is 5.73 Å². The van der Waals surface area contributed by atoms with Gasteiger partial charge in [0, 0.05) is 31.5 Å². The SMILES string of the molecule is CN(Cc1nccc(N)n1)[C@H]1CCN(C(=O)c2c(Cl)nc3ccccn23)C1. The fourth-order valence-corrected chi connectivity index (χ4v) is 3.70. The van der Waals surface area contributed by atoms with E-state index in [0.29, 0.717) is 42.6 Å². The summed E-state index contributed by atoms with van der Waals surface area (Å²) >= 11 is 6.24. The van der Waals surface area contributed by atoms with Gasteiger partial charge in [0.2, 0.25) is 0 Å². The van der Waals surface area contributed by atoms with Crippen molar-refractivity contribution in [1.82, 2.24) is 29.2 Å². The van der Waals surface area contributed by atoms with Crippen LogP contribution in [0, 0.1) is 0 Å². The molecule has 0 unspecified atom stereocenters. The number of rotatable bonds is 4. The van der Waals surface area contributed by atoms with Crippen LogP contribution in [0.1, 0.15) is 22.7 Å². The van der Waals surface area contributed by atoms with E-state index >= 15 is 0 Å². The molecule has 3 aromatic rings. The van der Waals surface area contributed by atoms with Crippen molar-refractivity contribution < 1.29 is 4.79 Å². The van der Waals surface area contributed by atoms with Gasteiger partial charge in [0.15, 0.2) is 10.8 Å². The zero-order chi connectivity index (χ0) is 19.0. The van der Waals surface area contributed by atoms with Crippen LogP contribution in [0.15, 0.2) is 36.7 Å². The van der Waals surface area contributed by atoms with Crippen molar-refractivity contribution in [2.24, 2.45) is 0 Å². The van der Waals surface area contributed by atoms with Gasteiger partial charge in [-0.15, -0.1) is 0 Å². The minimum absolute atomic E-state index is 0.102. The Balaban J connectivity index is 1.47. The third-order valence-electron chi connectivity index (χ3n) is 4.88. The molecule has 0 bridgehead atoms. The number of halogens is 1. The van der Waals surface area contributed by atoms with Crippen LogP contribution in [-0.2, 0) is 6.54 Å². The van der Waals surface area contributed by atoms with Crippen molar-refractivity contribution in [3.05, 3.63) is 53.3 Å². The largest absolute Gasteiger partial charge is 0.384 e. The second-order valence-electron chi connectivity index (χ2n) is 6.69. The van der Waals surface area contributed by atoms with Crippen LogP contribution in [0.4, 0.5) is 5.82 Å². The molecule has 0 spiro atoms. The van der Waals surface area contributed by atoms with Gasteiger partial charge in [-0.25, -0.2) is 15.0 Å². The van der Waals surface area contributed by atoms with Crippen LogP contribution in [0.3, 0.4) is 0 Å². The van der Waals surface area contributed by atoms with Gasteiger partial charge in [0.05, 0.1) is 6.54 Å².